The molecule has 263 valence electrons. The molecule has 3 heteroatoms. The van der Waals surface area contributed by atoms with E-state index in [9.17, 15) is 0 Å². The first-order valence-electron chi connectivity index (χ1n) is 20.1. The third-order valence-electron chi connectivity index (χ3n) is 9.05. The molecular weight excluding hydrogens is 552 g/mol. The third kappa shape index (κ3) is 24.5. The van der Waals surface area contributed by atoms with Gasteiger partial charge < -0.3 is 14.2 Å². The monoisotopic (exact) mass is 630 g/mol. The van der Waals surface area contributed by atoms with Crippen LogP contribution in [0.25, 0.3) is 0 Å². The predicted octanol–water partition coefficient (Wildman–Crippen LogP) is 14.2. The summed E-state index contributed by atoms with van der Waals surface area (Å²) in [6.45, 7) is 13.2. The lowest BCUT2D eigenvalue weighted by molar-refractivity contribution is 0.234. The van der Waals surface area contributed by atoms with Crippen molar-refractivity contribution in [3.05, 3.63) is 24.6 Å². The topological polar surface area (TPSA) is 27.7 Å². The van der Waals surface area contributed by atoms with Crippen LogP contribution in [0, 0.1) is 6.92 Å². The first-order chi connectivity index (χ1) is 22.3. The molecule has 0 spiro atoms. The molecule has 3 nitrogen and oxygen atoms in total. The summed E-state index contributed by atoms with van der Waals surface area (Å²) in [5.41, 5.74) is 1.24. The molecule has 1 rings (SSSR count). The second-order valence-corrected chi connectivity index (χ2v) is 13.6. The minimum Gasteiger partial charge on any atom is -0.490 e. The summed E-state index contributed by atoms with van der Waals surface area (Å²) < 4.78 is 19.4. The molecule has 0 aromatic heterocycles. The molecule has 1 aromatic carbocycles. The van der Waals surface area contributed by atoms with Crippen LogP contribution in [-0.2, 0) is 6.42 Å². The molecule has 1 radical (unpaired) electrons. The molecule has 45 heavy (non-hydrogen) atoms. The number of ether oxygens (including phenoxy) is 3. The van der Waals surface area contributed by atoms with Crippen LogP contribution in [0.5, 0.6) is 17.2 Å². The van der Waals surface area contributed by atoms with Crippen LogP contribution in [-0.4, -0.2) is 19.8 Å². The molecule has 0 aliphatic rings. The van der Waals surface area contributed by atoms with Crippen LogP contribution in [0.4, 0.5) is 0 Å². The van der Waals surface area contributed by atoms with Gasteiger partial charge in [0.1, 0.15) is 0 Å². The average molecular weight is 630 g/mol. The van der Waals surface area contributed by atoms with Gasteiger partial charge in [0.25, 0.3) is 0 Å². The highest BCUT2D eigenvalue weighted by Crippen LogP contribution is 2.40. The summed E-state index contributed by atoms with van der Waals surface area (Å²) in [4.78, 5) is 0. The zero-order valence-corrected chi connectivity index (χ0v) is 30.7. The van der Waals surface area contributed by atoms with Crippen molar-refractivity contribution < 1.29 is 14.2 Å². The standard InChI is InChI=1S/C42H77O3/c1-5-9-12-15-18-21-24-27-30-34-43-40-37-39(33-8-4)38-41(44-35-31-28-25-22-19-16-13-10-6-2)42(40)45-36-32-29-26-23-20-17-14-11-7-3/h37-38H,4-36H2,1-3H3. The molecular formula is C42H77O3. The maximum atomic E-state index is 6.48. The van der Waals surface area contributed by atoms with Gasteiger partial charge in [-0.05, 0) is 49.8 Å². The smallest absolute Gasteiger partial charge is 0.203 e. The van der Waals surface area contributed by atoms with Gasteiger partial charge in [0.2, 0.25) is 5.75 Å². The maximum Gasteiger partial charge on any atom is 0.203 e. The van der Waals surface area contributed by atoms with Gasteiger partial charge in [0, 0.05) is 0 Å². The molecule has 0 aliphatic carbocycles. The number of benzene rings is 1. The Balaban J connectivity index is 2.63. The van der Waals surface area contributed by atoms with Gasteiger partial charge in [-0.1, -0.05) is 182 Å². The number of unbranched alkanes of at least 4 members (excludes halogenated alkanes) is 24. The summed E-state index contributed by atoms with van der Waals surface area (Å²) >= 11 is 0. The summed E-state index contributed by atoms with van der Waals surface area (Å²) in [6, 6.07) is 4.38. The summed E-state index contributed by atoms with van der Waals surface area (Å²) in [7, 11) is 0. The van der Waals surface area contributed by atoms with E-state index in [1.807, 2.05) is 0 Å². The highest BCUT2D eigenvalue weighted by Gasteiger charge is 2.16. The zero-order chi connectivity index (χ0) is 32.5. The maximum absolute atomic E-state index is 6.48. The Kier molecular flexibility index (Phi) is 30.1. The van der Waals surface area contributed by atoms with E-state index >= 15 is 0 Å². The fourth-order valence-corrected chi connectivity index (χ4v) is 6.11. The second-order valence-electron chi connectivity index (χ2n) is 13.6. The Morgan fingerprint density at radius 3 is 1.00 bits per heavy atom. The van der Waals surface area contributed by atoms with Crippen LogP contribution in [0.1, 0.15) is 206 Å². The van der Waals surface area contributed by atoms with Crippen LogP contribution in [0.3, 0.4) is 0 Å². The van der Waals surface area contributed by atoms with Crippen molar-refractivity contribution in [3.8, 4) is 17.2 Å². The van der Waals surface area contributed by atoms with E-state index in [1.54, 1.807) is 0 Å². The summed E-state index contributed by atoms with van der Waals surface area (Å²) in [6.07, 6.45) is 37.4. The molecule has 0 saturated carbocycles. The van der Waals surface area contributed by atoms with E-state index in [2.05, 4.69) is 39.8 Å². The molecule has 0 N–H and O–H groups in total. The fourth-order valence-electron chi connectivity index (χ4n) is 6.11. The van der Waals surface area contributed by atoms with Crippen molar-refractivity contribution >= 4 is 0 Å². The molecule has 0 bridgehead atoms. The lowest BCUT2D eigenvalue weighted by Crippen LogP contribution is -2.07. The van der Waals surface area contributed by atoms with Crippen LogP contribution in [0.2, 0.25) is 0 Å². The van der Waals surface area contributed by atoms with Gasteiger partial charge in [0.05, 0.1) is 19.8 Å². The Labute approximate surface area is 282 Å². The van der Waals surface area contributed by atoms with Crippen molar-refractivity contribution in [2.75, 3.05) is 19.8 Å². The highest BCUT2D eigenvalue weighted by atomic mass is 16.5. The summed E-state index contributed by atoms with van der Waals surface area (Å²) in [5, 5.41) is 0. The number of hydrogen-bond acceptors (Lipinski definition) is 3. The highest BCUT2D eigenvalue weighted by molar-refractivity contribution is 5.54. The number of hydrogen-bond donors (Lipinski definition) is 0. The van der Waals surface area contributed by atoms with Crippen LogP contribution >= 0.6 is 0 Å². The zero-order valence-electron chi connectivity index (χ0n) is 30.7. The second kappa shape index (κ2) is 32.6. The lowest BCUT2D eigenvalue weighted by atomic mass is 10.1. The normalized spacial score (nSPS) is 11.3. The predicted molar refractivity (Wildman–Crippen MR) is 198 cm³/mol. The molecule has 0 atom stereocenters. The molecule has 0 amide bonds. The van der Waals surface area contributed by atoms with Gasteiger partial charge >= 0.3 is 0 Å². The van der Waals surface area contributed by atoms with Gasteiger partial charge in [-0.25, -0.2) is 0 Å². The first kappa shape index (κ1) is 41.6. The Morgan fingerprint density at radius 2 is 0.689 bits per heavy atom. The number of rotatable bonds is 35. The van der Waals surface area contributed by atoms with E-state index in [4.69, 9.17) is 14.2 Å². The third-order valence-corrected chi connectivity index (χ3v) is 9.05. The minimum atomic E-state index is 0.729. The van der Waals surface area contributed by atoms with Crippen molar-refractivity contribution in [1.29, 1.82) is 0 Å². The Morgan fingerprint density at radius 1 is 0.400 bits per heavy atom. The van der Waals surface area contributed by atoms with Crippen LogP contribution in [0.15, 0.2) is 12.1 Å². The average Bonchev–Trinajstić information content (AvgIpc) is 3.04. The molecule has 0 saturated heterocycles. The Bertz CT molecular complexity index is 700. The van der Waals surface area contributed by atoms with Gasteiger partial charge in [-0.3, -0.25) is 0 Å². The van der Waals surface area contributed by atoms with E-state index in [0.29, 0.717) is 0 Å². The van der Waals surface area contributed by atoms with Gasteiger partial charge in [0.15, 0.2) is 11.5 Å². The molecule has 0 aliphatic heterocycles. The molecule has 0 heterocycles. The van der Waals surface area contributed by atoms with Crippen LogP contribution < -0.4 is 14.2 Å². The lowest BCUT2D eigenvalue weighted by Gasteiger charge is -2.19. The minimum absolute atomic E-state index is 0.729. The quantitative estimate of drug-likeness (QED) is 0.0699. The first-order valence-corrected chi connectivity index (χ1v) is 20.1. The van der Waals surface area contributed by atoms with Gasteiger partial charge in [-0.2, -0.15) is 0 Å². The van der Waals surface area contributed by atoms with Gasteiger partial charge in [-0.15, -0.1) is 0 Å². The molecule has 0 fully saturated rings. The Hall–Kier alpha value is -1.38. The molecule has 1 aromatic rings. The summed E-state index contributed by atoms with van der Waals surface area (Å²) in [5.74, 6) is 2.58. The van der Waals surface area contributed by atoms with E-state index < -0.39 is 0 Å². The largest absolute Gasteiger partial charge is 0.490 e. The van der Waals surface area contributed by atoms with E-state index in [1.165, 1.54) is 160 Å². The van der Waals surface area contributed by atoms with E-state index in [0.717, 1.165) is 69.2 Å². The number of aryl methyl sites for hydroxylation is 1. The van der Waals surface area contributed by atoms with Crippen molar-refractivity contribution in [2.45, 2.75) is 207 Å². The van der Waals surface area contributed by atoms with Crippen molar-refractivity contribution in [2.24, 2.45) is 0 Å². The van der Waals surface area contributed by atoms with Crippen molar-refractivity contribution in [1.82, 2.24) is 0 Å². The molecule has 0 unspecified atom stereocenters. The van der Waals surface area contributed by atoms with E-state index in [-0.39, 0.29) is 0 Å². The van der Waals surface area contributed by atoms with Crippen molar-refractivity contribution in [3.63, 3.8) is 0 Å². The SMILES string of the molecule is [CH2]CCc1cc(OCCCCCCCCCCC)c(OCCCCCCCCCCC)c(OCCCCCCCCCCC)c1. The fraction of sp³-hybridized carbons (Fsp3) is 0.833.